The second-order valence-corrected chi connectivity index (χ2v) is 8.10. The second-order valence-electron chi connectivity index (χ2n) is 6.74. The van der Waals surface area contributed by atoms with Gasteiger partial charge in [-0.05, 0) is 60.4 Å². The van der Waals surface area contributed by atoms with Crippen molar-refractivity contribution in [2.24, 2.45) is 0 Å². The summed E-state index contributed by atoms with van der Waals surface area (Å²) in [6, 6.07) is 16.2. The summed E-state index contributed by atoms with van der Waals surface area (Å²) in [4.78, 5) is 28.0. The Balaban J connectivity index is 1.72. The summed E-state index contributed by atoms with van der Waals surface area (Å²) in [5.41, 5.74) is 2.67. The van der Waals surface area contributed by atoms with Crippen molar-refractivity contribution in [3.05, 3.63) is 81.0 Å². The molecule has 0 saturated carbocycles. The van der Waals surface area contributed by atoms with E-state index in [4.69, 9.17) is 11.6 Å². The highest BCUT2D eigenvalue weighted by atomic mass is 35.5. The number of thiophene rings is 1. The zero-order valence-corrected chi connectivity index (χ0v) is 18.5. The molecule has 0 aliphatic rings. The monoisotopic (exact) mass is 441 g/mol. The molecule has 5 nitrogen and oxygen atoms in total. The fourth-order valence-electron chi connectivity index (χ4n) is 3.01. The molecular weight excluding hydrogens is 418 g/mol. The number of nitrogens with one attached hydrogen (secondary N) is 2. The summed E-state index contributed by atoms with van der Waals surface area (Å²) < 4.78 is 0. The fourth-order valence-corrected chi connectivity index (χ4v) is 3.79. The molecule has 0 aliphatic heterocycles. The molecule has 30 heavy (non-hydrogen) atoms. The summed E-state index contributed by atoms with van der Waals surface area (Å²) in [6.45, 7) is 7.03. The quantitative estimate of drug-likeness (QED) is 0.468. The molecule has 0 fully saturated rings. The molecule has 3 rings (SSSR count). The summed E-state index contributed by atoms with van der Waals surface area (Å²) in [5.74, 6) is -0.521. The van der Waals surface area contributed by atoms with Crippen LogP contribution in [0, 0.1) is 0 Å². The number of hydrogen-bond donors (Lipinski definition) is 2. The van der Waals surface area contributed by atoms with E-state index in [1.165, 1.54) is 11.3 Å². The maximum atomic E-state index is 12.8. The Labute approximate surface area is 185 Å². The van der Waals surface area contributed by atoms with Crippen molar-refractivity contribution >= 4 is 46.1 Å². The Bertz CT molecular complexity index is 1020. The van der Waals surface area contributed by atoms with Crippen LogP contribution in [0.4, 0.5) is 11.4 Å². The molecule has 7 heteroatoms. The van der Waals surface area contributed by atoms with Crippen molar-refractivity contribution in [2.45, 2.75) is 20.4 Å². The molecular formula is C23H24ClN3O2S. The molecule has 0 spiro atoms. The lowest BCUT2D eigenvalue weighted by molar-refractivity contribution is 0.101. The van der Waals surface area contributed by atoms with Crippen LogP contribution in [0.3, 0.4) is 0 Å². The minimum Gasteiger partial charge on any atom is -0.322 e. The van der Waals surface area contributed by atoms with Crippen molar-refractivity contribution < 1.29 is 9.59 Å². The van der Waals surface area contributed by atoms with Gasteiger partial charge in [-0.15, -0.1) is 11.3 Å². The number of halogens is 1. The third kappa shape index (κ3) is 5.69. The Kier molecular flexibility index (Phi) is 7.63. The lowest BCUT2D eigenvalue weighted by atomic mass is 10.1. The topological polar surface area (TPSA) is 61.4 Å². The Morgan fingerprint density at radius 3 is 2.47 bits per heavy atom. The van der Waals surface area contributed by atoms with Gasteiger partial charge in [0.05, 0.1) is 15.6 Å². The van der Waals surface area contributed by atoms with Gasteiger partial charge in [0.25, 0.3) is 11.8 Å². The molecule has 156 valence electrons. The molecule has 2 aromatic carbocycles. The molecule has 1 aromatic heterocycles. The largest absolute Gasteiger partial charge is 0.322 e. The van der Waals surface area contributed by atoms with Gasteiger partial charge in [-0.25, -0.2) is 0 Å². The van der Waals surface area contributed by atoms with Crippen LogP contribution in [0.5, 0.6) is 0 Å². The van der Waals surface area contributed by atoms with E-state index in [-0.39, 0.29) is 11.8 Å². The first-order chi connectivity index (χ1) is 14.5. The lowest BCUT2D eigenvalue weighted by Crippen LogP contribution is -2.22. The Morgan fingerprint density at radius 1 is 0.967 bits per heavy atom. The number of hydrogen-bond acceptors (Lipinski definition) is 4. The number of nitrogens with zero attached hydrogens (tertiary/aromatic N) is 1. The molecule has 0 radical (unpaired) electrons. The molecule has 0 atom stereocenters. The third-order valence-electron chi connectivity index (χ3n) is 4.71. The third-order valence-corrected chi connectivity index (χ3v) is 5.91. The zero-order valence-electron chi connectivity index (χ0n) is 16.9. The summed E-state index contributed by atoms with van der Waals surface area (Å²) >= 11 is 7.55. The van der Waals surface area contributed by atoms with Crippen LogP contribution >= 0.6 is 22.9 Å². The second kappa shape index (κ2) is 10.4. The van der Waals surface area contributed by atoms with E-state index < -0.39 is 0 Å². The van der Waals surface area contributed by atoms with Crippen LogP contribution in [0.15, 0.2) is 60.0 Å². The summed E-state index contributed by atoms with van der Waals surface area (Å²) in [6.07, 6.45) is 0. The molecule has 3 aromatic rings. The van der Waals surface area contributed by atoms with E-state index in [2.05, 4.69) is 35.4 Å². The average molecular weight is 442 g/mol. The van der Waals surface area contributed by atoms with Gasteiger partial charge in [-0.3, -0.25) is 14.5 Å². The number of rotatable bonds is 8. The average Bonchev–Trinajstić information content (AvgIpc) is 3.29. The smallest absolute Gasteiger partial charge is 0.265 e. The van der Waals surface area contributed by atoms with Crippen molar-refractivity contribution in [3.8, 4) is 0 Å². The maximum Gasteiger partial charge on any atom is 0.265 e. The van der Waals surface area contributed by atoms with Gasteiger partial charge < -0.3 is 10.6 Å². The molecule has 0 saturated heterocycles. The number of anilines is 2. The van der Waals surface area contributed by atoms with Crippen LogP contribution in [0.25, 0.3) is 0 Å². The van der Waals surface area contributed by atoms with Crippen molar-refractivity contribution in [2.75, 3.05) is 23.7 Å². The Hall–Kier alpha value is -2.67. The van der Waals surface area contributed by atoms with Crippen molar-refractivity contribution in [3.63, 3.8) is 0 Å². The van der Waals surface area contributed by atoms with Gasteiger partial charge in [-0.2, -0.15) is 0 Å². The Morgan fingerprint density at radius 2 is 1.77 bits per heavy atom. The van der Waals surface area contributed by atoms with E-state index >= 15 is 0 Å². The number of carbonyl (C=O) groups is 2. The number of amides is 2. The minimum atomic E-state index is -0.265. The highest BCUT2D eigenvalue weighted by Crippen LogP contribution is 2.25. The highest BCUT2D eigenvalue weighted by molar-refractivity contribution is 7.12. The van der Waals surface area contributed by atoms with Gasteiger partial charge in [0.15, 0.2) is 0 Å². The van der Waals surface area contributed by atoms with E-state index in [0.717, 1.165) is 30.9 Å². The lowest BCUT2D eigenvalue weighted by Gasteiger charge is -2.18. The number of benzene rings is 2. The highest BCUT2D eigenvalue weighted by Gasteiger charge is 2.13. The van der Waals surface area contributed by atoms with Crippen molar-refractivity contribution in [1.82, 2.24) is 4.90 Å². The van der Waals surface area contributed by atoms with Crippen LogP contribution in [-0.4, -0.2) is 29.8 Å². The summed E-state index contributed by atoms with van der Waals surface area (Å²) in [7, 11) is 0. The van der Waals surface area contributed by atoms with E-state index in [1.807, 2.05) is 23.6 Å². The van der Waals surface area contributed by atoms with Crippen LogP contribution < -0.4 is 10.6 Å². The maximum absolute atomic E-state index is 12.8. The predicted molar refractivity (Wildman–Crippen MR) is 125 cm³/mol. The summed E-state index contributed by atoms with van der Waals surface area (Å²) in [5, 5.41) is 7.89. The SMILES string of the molecule is CCN(CC)Cc1cccc(NC(=O)c2ccc(Cl)c(NC(=O)c3cccs3)c2)c1. The van der Waals surface area contributed by atoms with Gasteiger partial charge >= 0.3 is 0 Å². The van der Waals surface area contributed by atoms with Crippen LogP contribution in [0.1, 0.15) is 39.4 Å². The number of carbonyl (C=O) groups excluding carboxylic acids is 2. The first-order valence-electron chi connectivity index (χ1n) is 9.77. The first-order valence-corrected chi connectivity index (χ1v) is 11.0. The fraction of sp³-hybridized carbons (Fsp3) is 0.217. The molecule has 1 heterocycles. The zero-order chi connectivity index (χ0) is 21.5. The van der Waals surface area contributed by atoms with E-state index in [9.17, 15) is 9.59 Å². The minimum absolute atomic E-state index is 0.256. The van der Waals surface area contributed by atoms with E-state index in [0.29, 0.717) is 21.2 Å². The first kappa shape index (κ1) is 22.0. The molecule has 0 aliphatic carbocycles. The van der Waals surface area contributed by atoms with Crippen LogP contribution in [0.2, 0.25) is 5.02 Å². The van der Waals surface area contributed by atoms with Crippen molar-refractivity contribution in [1.29, 1.82) is 0 Å². The van der Waals surface area contributed by atoms with Gasteiger partial charge in [0.1, 0.15) is 0 Å². The normalized spacial score (nSPS) is 10.8. The molecule has 2 N–H and O–H groups in total. The molecule has 0 bridgehead atoms. The van der Waals surface area contributed by atoms with Crippen LogP contribution in [-0.2, 0) is 6.54 Å². The molecule has 0 unspecified atom stereocenters. The van der Waals surface area contributed by atoms with Gasteiger partial charge in [0, 0.05) is 17.8 Å². The van der Waals surface area contributed by atoms with E-state index in [1.54, 1.807) is 30.3 Å². The predicted octanol–water partition coefficient (Wildman–Crippen LogP) is 5.75. The van der Waals surface area contributed by atoms with Gasteiger partial charge in [-0.1, -0.05) is 43.6 Å². The van der Waals surface area contributed by atoms with Gasteiger partial charge in [0.2, 0.25) is 0 Å². The molecule has 2 amide bonds. The standard InChI is InChI=1S/C23H24ClN3O2S/c1-3-27(4-2)15-16-7-5-8-18(13-16)25-22(28)17-10-11-19(24)20(14-17)26-23(29)21-9-6-12-30-21/h5-14H,3-4,15H2,1-2H3,(H,25,28)(H,26,29).